The zero-order valence-corrected chi connectivity index (χ0v) is 15.2. The van der Waals surface area contributed by atoms with Crippen LogP contribution in [-0.4, -0.2) is 54.7 Å². The van der Waals surface area contributed by atoms with Gasteiger partial charge in [0.1, 0.15) is 23.0 Å². The summed E-state index contributed by atoms with van der Waals surface area (Å²) in [7, 11) is 1.42. The van der Waals surface area contributed by atoms with Crippen LogP contribution >= 0.6 is 0 Å². The van der Waals surface area contributed by atoms with Crippen molar-refractivity contribution < 1.29 is 48.3 Å². The number of aromatic hydroxyl groups is 2. The predicted octanol–water partition coefficient (Wildman–Crippen LogP) is 1.00. The molecule has 1 heterocycles. The average Bonchev–Trinajstić information content (AvgIpc) is 3.17. The molecule has 10 nitrogen and oxygen atoms in total. The Hall–Kier alpha value is -3.95. The van der Waals surface area contributed by atoms with Crippen molar-refractivity contribution in [3.05, 3.63) is 30.3 Å². The van der Waals surface area contributed by atoms with Crippen LogP contribution in [0.15, 0.2) is 30.3 Å². The quantitative estimate of drug-likeness (QED) is 0.460. The first-order valence-electron chi connectivity index (χ1n) is 8.24. The lowest BCUT2D eigenvalue weighted by molar-refractivity contribution is -0.145. The van der Waals surface area contributed by atoms with Crippen molar-refractivity contribution in [2.24, 2.45) is 0 Å². The fraction of sp³-hybridized carbons (Fsp3) is 0.211. The third-order valence-corrected chi connectivity index (χ3v) is 3.75. The third-order valence-electron chi connectivity index (χ3n) is 3.75. The number of hydrogen-bond acceptors (Lipinski definition) is 10. The molecular weight excluding hydrogens is 388 g/mol. The SMILES string of the molecule is COc1cc(OCC(=O)C(=O)C(=O)COc2cc(O)cc(O)c2)cc2c1OCO2. The Balaban J connectivity index is 1.55. The number of fused-ring (bicyclic) bond motifs is 1. The molecule has 2 N–H and O–H groups in total. The van der Waals surface area contributed by atoms with E-state index in [0.29, 0.717) is 17.2 Å². The maximum atomic E-state index is 11.9. The number of hydrogen-bond donors (Lipinski definition) is 2. The van der Waals surface area contributed by atoms with Crippen molar-refractivity contribution >= 4 is 17.3 Å². The molecule has 0 saturated carbocycles. The molecule has 0 fully saturated rings. The summed E-state index contributed by atoms with van der Waals surface area (Å²) >= 11 is 0. The average molecular weight is 404 g/mol. The Morgan fingerprint density at radius 2 is 1.48 bits per heavy atom. The van der Waals surface area contributed by atoms with E-state index in [-0.39, 0.29) is 29.8 Å². The van der Waals surface area contributed by atoms with Gasteiger partial charge in [0.25, 0.3) is 5.78 Å². The van der Waals surface area contributed by atoms with Gasteiger partial charge in [0, 0.05) is 30.3 Å². The number of phenolic OH excluding ortho intramolecular Hbond substituents is 2. The second-order valence-corrected chi connectivity index (χ2v) is 5.80. The van der Waals surface area contributed by atoms with Gasteiger partial charge in [-0.05, 0) is 0 Å². The van der Waals surface area contributed by atoms with Gasteiger partial charge in [-0.2, -0.15) is 0 Å². The highest BCUT2D eigenvalue weighted by atomic mass is 16.7. The lowest BCUT2D eigenvalue weighted by Crippen LogP contribution is -2.32. The Labute approximate surface area is 164 Å². The van der Waals surface area contributed by atoms with Gasteiger partial charge in [-0.25, -0.2) is 0 Å². The number of phenols is 2. The molecule has 1 aliphatic heterocycles. The standard InChI is InChI=1S/C19H16O10/c1-25-16-5-13(6-17-19(16)29-9-28-17)27-8-15(23)18(24)14(22)7-26-12-3-10(20)2-11(21)4-12/h2-6,20-21H,7-9H2,1H3. The molecule has 0 spiro atoms. The summed E-state index contributed by atoms with van der Waals surface area (Å²) in [6.45, 7) is -1.41. The van der Waals surface area contributed by atoms with E-state index in [9.17, 15) is 24.6 Å². The number of methoxy groups -OCH3 is 1. The van der Waals surface area contributed by atoms with Crippen molar-refractivity contribution in [1.29, 1.82) is 0 Å². The number of carbonyl (C=O) groups excluding carboxylic acids is 3. The summed E-state index contributed by atoms with van der Waals surface area (Å²) in [6.07, 6.45) is 0. The van der Waals surface area contributed by atoms with Crippen molar-refractivity contribution in [3.8, 4) is 40.2 Å². The second-order valence-electron chi connectivity index (χ2n) is 5.80. The molecule has 10 heteroatoms. The van der Waals surface area contributed by atoms with E-state index in [2.05, 4.69) is 0 Å². The molecule has 3 rings (SSSR count). The van der Waals surface area contributed by atoms with E-state index in [1.165, 1.54) is 19.2 Å². The topological polar surface area (TPSA) is 138 Å². The van der Waals surface area contributed by atoms with Crippen LogP contribution in [0, 0.1) is 0 Å². The van der Waals surface area contributed by atoms with E-state index in [1.54, 1.807) is 0 Å². The van der Waals surface area contributed by atoms with Crippen molar-refractivity contribution in [2.45, 2.75) is 0 Å². The molecule has 0 radical (unpaired) electrons. The Kier molecular flexibility index (Phi) is 5.72. The van der Waals surface area contributed by atoms with Crippen LogP contribution in [-0.2, 0) is 14.4 Å². The molecule has 0 saturated heterocycles. The summed E-state index contributed by atoms with van der Waals surface area (Å²) in [5.41, 5.74) is 0. The van der Waals surface area contributed by atoms with E-state index in [0.717, 1.165) is 18.2 Å². The zero-order chi connectivity index (χ0) is 21.0. The number of Topliss-reactive ketones (excluding diaryl/α,β-unsaturated/α-hetero) is 3. The fourth-order valence-corrected chi connectivity index (χ4v) is 2.42. The normalized spacial score (nSPS) is 11.6. The highest BCUT2D eigenvalue weighted by Crippen LogP contribution is 2.43. The number of benzene rings is 2. The molecule has 152 valence electrons. The van der Waals surface area contributed by atoms with Crippen LogP contribution in [0.5, 0.6) is 40.2 Å². The summed E-state index contributed by atoms with van der Waals surface area (Å²) in [5, 5.41) is 18.7. The van der Waals surface area contributed by atoms with Gasteiger partial charge in [0.15, 0.2) is 24.7 Å². The summed E-state index contributed by atoms with van der Waals surface area (Å²) < 4.78 is 25.9. The monoisotopic (exact) mass is 404 g/mol. The van der Waals surface area contributed by atoms with Gasteiger partial charge in [-0.1, -0.05) is 0 Å². The van der Waals surface area contributed by atoms with Crippen molar-refractivity contribution in [2.75, 3.05) is 27.1 Å². The van der Waals surface area contributed by atoms with Gasteiger partial charge in [0.2, 0.25) is 24.1 Å². The minimum absolute atomic E-state index is 0.0119. The Bertz CT molecular complexity index is 945. The minimum atomic E-state index is -1.30. The molecule has 0 aromatic heterocycles. The zero-order valence-electron chi connectivity index (χ0n) is 15.2. The largest absolute Gasteiger partial charge is 0.508 e. The van der Waals surface area contributed by atoms with Crippen LogP contribution in [0.3, 0.4) is 0 Å². The predicted molar refractivity (Wildman–Crippen MR) is 94.9 cm³/mol. The molecule has 2 aromatic rings. The number of ketones is 3. The van der Waals surface area contributed by atoms with Gasteiger partial charge < -0.3 is 33.9 Å². The van der Waals surface area contributed by atoms with Gasteiger partial charge >= 0.3 is 0 Å². The smallest absolute Gasteiger partial charge is 0.271 e. The first kappa shape index (κ1) is 19.8. The molecule has 1 aliphatic rings. The molecule has 2 aromatic carbocycles. The molecule has 0 bridgehead atoms. The van der Waals surface area contributed by atoms with E-state index < -0.39 is 30.6 Å². The number of carbonyl (C=O) groups is 3. The molecule has 0 unspecified atom stereocenters. The Morgan fingerprint density at radius 3 is 2.07 bits per heavy atom. The van der Waals surface area contributed by atoms with Crippen molar-refractivity contribution in [1.82, 2.24) is 0 Å². The number of rotatable bonds is 9. The third kappa shape index (κ3) is 4.67. The summed E-state index contributed by atoms with van der Waals surface area (Å²) in [6, 6.07) is 6.24. The molecular formula is C19H16O10. The second kappa shape index (κ2) is 8.38. The lowest BCUT2D eigenvalue weighted by Gasteiger charge is -2.09. The van der Waals surface area contributed by atoms with E-state index in [4.69, 9.17) is 23.7 Å². The molecule has 0 aliphatic carbocycles. The number of ether oxygens (including phenoxy) is 5. The molecule has 0 amide bonds. The van der Waals surface area contributed by atoms with E-state index >= 15 is 0 Å². The summed E-state index contributed by atoms with van der Waals surface area (Å²) in [4.78, 5) is 35.7. The van der Waals surface area contributed by atoms with Gasteiger partial charge in [0.05, 0.1) is 7.11 Å². The highest BCUT2D eigenvalue weighted by molar-refractivity contribution is 6.64. The first-order chi connectivity index (χ1) is 13.9. The highest BCUT2D eigenvalue weighted by Gasteiger charge is 2.25. The maximum Gasteiger partial charge on any atom is 0.271 e. The van der Waals surface area contributed by atoms with Crippen LogP contribution in [0.4, 0.5) is 0 Å². The Morgan fingerprint density at radius 1 is 0.897 bits per heavy atom. The fourth-order valence-electron chi connectivity index (χ4n) is 2.42. The van der Waals surface area contributed by atoms with Crippen LogP contribution in [0.25, 0.3) is 0 Å². The van der Waals surface area contributed by atoms with Crippen LogP contribution < -0.4 is 23.7 Å². The molecule has 29 heavy (non-hydrogen) atoms. The van der Waals surface area contributed by atoms with Crippen LogP contribution in [0.1, 0.15) is 0 Å². The maximum absolute atomic E-state index is 11.9. The van der Waals surface area contributed by atoms with Crippen LogP contribution in [0.2, 0.25) is 0 Å². The van der Waals surface area contributed by atoms with Gasteiger partial charge in [-0.3, -0.25) is 14.4 Å². The molecule has 0 atom stereocenters. The lowest BCUT2D eigenvalue weighted by atomic mass is 10.2. The van der Waals surface area contributed by atoms with Gasteiger partial charge in [-0.15, -0.1) is 0 Å². The summed E-state index contributed by atoms with van der Waals surface area (Å²) in [5.74, 6) is -2.84. The van der Waals surface area contributed by atoms with E-state index in [1.807, 2.05) is 0 Å². The first-order valence-corrected chi connectivity index (χ1v) is 8.24. The van der Waals surface area contributed by atoms with Crippen molar-refractivity contribution in [3.63, 3.8) is 0 Å². The minimum Gasteiger partial charge on any atom is -0.508 e.